The number of benzene rings is 2. The highest BCUT2D eigenvalue weighted by Crippen LogP contribution is 2.37. The largest absolute Gasteiger partial charge is 0.496 e. The first-order valence-electron chi connectivity index (χ1n) is 9.40. The van der Waals surface area contributed by atoms with Crippen molar-refractivity contribution in [2.75, 3.05) is 7.11 Å². The monoisotopic (exact) mass is 411 g/mol. The molecule has 0 spiro atoms. The van der Waals surface area contributed by atoms with Crippen molar-refractivity contribution in [1.82, 2.24) is 14.9 Å². The van der Waals surface area contributed by atoms with Crippen LogP contribution in [0.3, 0.4) is 0 Å². The number of ether oxygens (including phenoxy) is 1. The number of nitrogens with one attached hydrogen (secondary N) is 2. The van der Waals surface area contributed by atoms with Crippen molar-refractivity contribution >= 4 is 12.2 Å². The summed E-state index contributed by atoms with van der Waals surface area (Å²) in [6, 6.07) is 17.0. The summed E-state index contributed by atoms with van der Waals surface area (Å²) in [5.41, 5.74) is 1.65. The van der Waals surface area contributed by atoms with Gasteiger partial charge in [0.2, 0.25) is 5.88 Å². The Morgan fingerprint density at radius 2 is 1.72 bits per heavy atom. The first kappa shape index (κ1) is 20.8. The van der Waals surface area contributed by atoms with Gasteiger partial charge < -0.3 is 14.8 Å². The van der Waals surface area contributed by atoms with Crippen molar-refractivity contribution in [3.8, 4) is 11.6 Å². The number of aromatic nitrogens is 2. The van der Waals surface area contributed by atoms with E-state index in [2.05, 4.69) is 28.7 Å². The molecule has 29 heavy (non-hydrogen) atoms. The lowest BCUT2D eigenvalue weighted by Crippen LogP contribution is -2.38. The molecule has 0 saturated carbocycles. The zero-order valence-electron chi connectivity index (χ0n) is 16.7. The maximum Gasteiger partial charge on any atom is 0.260 e. The lowest BCUT2D eigenvalue weighted by molar-refractivity contribution is 0.161. The van der Waals surface area contributed by atoms with Crippen LogP contribution in [0.4, 0.5) is 0 Å². The second-order valence-corrected chi connectivity index (χ2v) is 7.47. The number of aromatic amines is 2. The van der Waals surface area contributed by atoms with Crippen molar-refractivity contribution < 1.29 is 9.84 Å². The number of H-pyrrole nitrogens is 2. The third kappa shape index (κ3) is 4.58. The van der Waals surface area contributed by atoms with E-state index >= 15 is 0 Å². The summed E-state index contributed by atoms with van der Waals surface area (Å²) in [5.74, 6) is 0.394. The van der Waals surface area contributed by atoms with Crippen LogP contribution in [0.15, 0.2) is 59.4 Å². The van der Waals surface area contributed by atoms with Crippen LogP contribution in [0.2, 0.25) is 0 Å². The molecule has 0 radical (unpaired) electrons. The smallest absolute Gasteiger partial charge is 0.260 e. The average Bonchev–Trinajstić information content (AvgIpc) is 2.70. The van der Waals surface area contributed by atoms with Crippen molar-refractivity contribution in [3.63, 3.8) is 0 Å². The summed E-state index contributed by atoms with van der Waals surface area (Å²) in [6.45, 7) is 4.69. The van der Waals surface area contributed by atoms with Gasteiger partial charge in [0, 0.05) is 18.2 Å². The van der Waals surface area contributed by atoms with Crippen LogP contribution in [-0.2, 0) is 6.54 Å². The summed E-state index contributed by atoms with van der Waals surface area (Å²) in [7, 11) is 1.59. The van der Waals surface area contributed by atoms with Gasteiger partial charge in [-0.15, -0.1) is 0 Å². The van der Waals surface area contributed by atoms with Crippen molar-refractivity contribution in [3.05, 3.63) is 86.4 Å². The average molecular weight is 412 g/mol. The van der Waals surface area contributed by atoms with Crippen LogP contribution in [0.1, 0.15) is 36.6 Å². The zero-order chi connectivity index (χ0) is 21.0. The fourth-order valence-electron chi connectivity index (χ4n) is 3.50. The molecule has 3 rings (SSSR count). The fourth-order valence-corrected chi connectivity index (χ4v) is 3.69. The van der Waals surface area contributed by atoms with E-state index in [0.29, 0.717) is 12.3 Å². The van der Waals surface area contributed by atoms with Crippen LogP contribution < -0.4 is 10.3 Å². The Bertz CT molecular complexity index is 1080. The Labute approximate surface area is 174 Å². The van der Waals surface area contributed by atoms with E-state index in [4.69, 9.17) is 17.0 Å². The second-order valence-electron chi connectivity index (χ2n) is 7.07. The summed E-state index contributed by atoms with van der Waals surface area (Å²) >= 11 is 5.01. The van der Waals surface area contributed by atoms with Gasteiger partial charge in [0.1, 0.15) is 5.75 Å². The topological polar surface area (TPSA) is 81.3 Å². The van der Waals surface area contributed by atoms with Gasteiger partial charge in [-0.2, -0.15) is 0 Å². The molecule has 3 N–H and O–H groups in total. The Balaban J connectivity index is 2.24. The molecule has 0 amide bonds. The molecule has 2 aromatic carbocycles. The molecule has 1 aromatic heterocycles. The maximum atomic E-state index is 12.9. The van der Waals surface area contributed by atoms with E-state index in [1.165, 1.54) is 0 Å². The van der Waals surface area contributed by atoms with Gasteiger partial charge in [-0.05, 0) is 37.7 Å². The van der Waals surface area contributed by atoms with Crippen molar-refractivity contribution in [1.29, 1.82) is 0 Å². The number of rotatable bonds is 7. The molecule has 0 unspecified atom stereocenters. The van der Waals surface area contributed by atoms with Crippen LogP contribution in [0.25, 0.3) is 0 Å². The second kappa shape index (κ2) is 9.07. The minimum absolute atomic E-state index is 0.0621. The number of hydrogen-bond donors (Lipinski definition) is 3. The Morgan fingerprint density at radius 3 is 2.34 bits per heavy atom. The minimum Gasteiger partial charge on any atom is -0.496 e. The predicted octanol–water partition coefficient (Wildman–Crippen LogP) is 4.15. The number of methoxy groups -OCH3 is 1. The fraction of sp³-hybridized carbons (Fsp3) is 0.273. The van der Waals surface area contributed by atoms with Crippen molar-refractivity contribution in [2.24, 2.45) is 0 Å². The molecule has 0 aliphatic rings. The molecule has 1 atom stereocenters. The van der Waals surface area contributed by atoms with Gasteiger partial charge in [-0.1, -0.05) is 48.5 Å². The standard InChI is InChI=1S/C22H25N3O3S/c1-14(2)25(13-15-9-5-4-6-10-15)19(16-11-7-8-12-17(16)28-3)18-20(26)23-22(29)24-21(18)27/h4-12,14,19H,13H2,1-3H3,(H3,23,24,26,27,29)/t19-/m1/s1. The molecule has 0 aliphatic carbocycles. The lowest BCUT2D eigenvalue weighted by atomic mass is 9.95. The summed E-state index contributed by atoms with van der Waals surface area (Å²) < 4.78 is 5.66. The lowest BCUT2D eigenvalue weighted by Gasteiger charge is -2.36. The Hall–Kier alpha value is -2.90. The first-order valence-corrected chi connectivity index (χ1v) is 9.81. The van der Waals surface area contributed by atoms with Gasteiger partial charge in [0.15, 0.2) is 4.77 Å². The van der Waals surface area contributed by atoms with Gasteiger partial charge in [0.05, 0.1) is 18.7 Å². The van der Waals surface area contributed by atoms with Gasteiger partial charge in [-0.25, -0.2) is 0 Å². The van der Waals surface area contributed by atoms with E-state index in [-0.39, 0.29) is 22.3 Å². The predicted molar refractivity (Wildman–Crippen MR) is 116 cm³/mol. The van der Waals surface area contributed by atoms with Gasteiger partial charge in [-0.3, -0.25) is 14.7 Å². The van der Waals surface area contributed by atoms with E-state index in [9.17, 15) is 9.90 Å². The molecule has 6 nitrogen and oxygen atoms in total. The normalized spacial score (nSPS) is 12.3. The quantitative estimate of drug-likeness (QED) is 0.509. The highest BCUT2D eigenvalue weighted by Gasteiger charge is 2.32. The Morgan fingerprint density at radius 1 is 1.07 bits per heavy atom. The van der Waals surface area contributed by atoms with Crippen LogP contribution in [0.5, 0.6) is 11.6 Å². The number of nitrogens with zero attached hydrogens (tertiary/aromatic N) is 1. The van der Waals surface area contributed by atoms with E-state index < -0.39 is 11.6 Å². The Kier molecular flexibility index (Phi) is 6.51. The SMILES string of the molecule is COc1ccccc1[C@H](c1c(O)[nH]c(=S)[nH]c1=O)N(Cc1ccccc1)C(C)C. The highest BCUT2D eigenvalue weighted by molar-refractivity contribution is 7.71. The molecule has 7 heteroatoms. The van der Waals surface area contributed by atoms with E-state index in [1.54, 1.807) is 7.11 Å². The van der Waals surface area contributed by atoms with Crippen LogP contribution in [-0.4, -0.2) is 33.1 Å². The summed E-state index contributed by atoms with van der Waals surface area (Å²) in [4.78, 5) is 20.3. The third-order valence-electron chi connectivity index (χ3n) is 4.87. The number of aromatic hydroxyl groups is 1. The third-order valence-corrected chi connectivity index (χ3v) is 5.07. The van der Waals surface area contributed by atoms with E-state index in [1.807, 2.05) is 54.6 Å². The highest BCUT2D eigenvalue weighted by atomic mass is 32.1. The molecule has 152 valence electrons. The van der Waals surface area contributed by atoms with Crippen LogP contribution in [0, 0.1) is 4.77 Å². The zero-order valence-corrected chi connectivity index (χ0v) is 17.5. The summed E-state index contributed by atoms with van der Waals surface area (Å²) in [6.07, 6.45) is 0. The van der Waals surface area contributed by atoms with Gasteiger partial charge >= 0.3 is 0 Å². The number of hydrogen-bond acceptors (Lipinski definition) is 5. The molecule has 0 fully saturated rings. The molecule has 0 aliphatic heterocycles. The molecule has 3 aromatic rings. The molecule has 0 bridgehead atoms. The van der Waals surface area contributed by atoms with Crippen LogP contribution >= 0.6 is 12.2 Å². The van der Waals surface area contributed by atoms with E-state index in [0.717, 1.165) is 11.1 Å². The minimum atomic E-state index is -0.554. The molecule has 1 heterocycles. The molecular weight excluding hydrogens is 386 g/mol. The molecular formula is C22H25N3O3S. The van der Waals surface area contributed by atoms with Crippen molar-refractivity contribution in [2.45, 2.75) is 32.5 Å². The maximum absolute atomic E-state index is 12.9. The number of para-hydroxylation sites is 1. The van der Waals surface area contributed by atoms with Gasteiger partial charge in [0.25, 0.3) is 5.56 Å². The first-order chi connectivity index (χ1) is 13.9. The molecule has 0 saturated heterocycles. The summed E-state index contributed by atoms with van der Waals surface area (Å²) in [5, 5.41) is 10.7.